The Kier molecular flexibility index (Phi) is 6.36. The van der Waals surface area contributed by atoms with Crippen LogP contribution in [0, 0.1) is 5.82 Å². The van der Waals surface area contributed by atoms with Crippen molar-refractivity contribution in [2.45, 2.75) is 13.0 Å². The molecule has 24 heavy (non-hydrogen) atoms. The van der Waals surface area contributed by atoms with Gasteiger partial charge in [-0.1, -0.05) is 35.3 Å². The number of amides is 1. The van der Waals surface area contributed by atoms with Crippen LogP contribution in [0.3, 0.4) is 0 Å². The fourth-order valence-corrected chi connectivity index (χ4v) is 2.41. The third-order valence-corrected chi connectivity index (χ3v) is 3.66. The minimum absolute atomic E-state index is 0.0391. The lowest BCUT2D eigenvalue weighted by Gasteiger charge is -2.16. The summed E-state index contributed by atoms with van der Waals surface area (Å²) in [7, 11) is 0. The quantitative estimate of drug-likeness (QED) is 0.763. The van der Waals surface area contributed by atoms with E-state index >= 15 is 0 Å². The van der Waals surface area contributed by atoms with Crippen LogP contribution in [0.4, 0.5) is 10.1 Å². The van der Waals surface area contributed by atoms with E-state index in [-0.39, 0.29) is 15.8 Å². The standard InChI is InChI=1S/C16H13Cl2FN2O2S/c1-9(23-14-7-6-10(17)8-11(14)18)15(22)21-16(24)20-13-5-3-2-4-12(13)19/h2-9H,1H3,(H2,20,21,22,24). The highest BCUT2D eigenvalue weighted by Crippen LogP contribution is 2.28. The first-order valence-corrected chi connectivity index (χ1v) is 8.01. The molecule has 1 amide bonds. The van der Waals surface area contributed by atoms with Crippen molar-refractivity contribution < 1.29 is 13.9 Å². The number of nitrogens with one attached hydrogen (secondary N) is 2. The van der Waals surface area contributed by atoms with Gasteiger partial charge >= 0.3 is 0 Å². The molecule has 0 spiro atoms. The zero-order valence-corrected chi connectivity index (χ0v) is 14.8. The average molecular weight is 387 g/mol. The van der Waals surface area contributed by atoms with Crippen LogP contribution in [0.15, 0.2) is 42.5 Å². The van der Waals surface area contributed by atoms with Crippen LogP contribution in [0.1, 0.15) is 6.92 Å². The van der Waals surface area contributed by atoms with Crippen molar-refractivity contribution in [3.8, 4) is 5.75 Å². The Morgan fingerprint density at radius 1 is 1.25 bits per heavy atom. The van der Waals surface area contributed by atoms with Crippen LogP contribution in [0.5, 0.6) is 5.75 Å². The summed E-state index contributed by atoms with van der Waals surface area (Å²) >= 11 is 16.8. The maximum absolute atomic E-state index is 13.5. The van der Waals surface area contributed by atoms with Crippen LogP contribution in [0.25, 0.3) is 0 Å². The lowest BCUT2D eigenvalue weighted by atomic mass is 10.3. The number of rotatable bonds is 4. The Morgan fingerprint density at radius 2 is 1.96 bits per heavy atom. The Labute approximate surface area is 153 Å². The average Bonchev–Trinajstić information content (AvgIpc) is 2.52. The number of anilines is 1. The summed E-state index contributed by atoms with van der Waals surface area (Å²) in [6.07, 6.45) is -0.871. The zero-order valence-electron chi connectivity index (χ0n) is 12.5. The van der Waals surface area contributed by atoms with E-state index in [0.717, 1.165) is 0 Å². The Bertz CT molecular complexity index is 773. The molecule has 0 aliphatic rings. The minimum Gasteiger partial charge on any atom is -0.479 e. The molecule has 4 nitrogen and oxygen atoms in total. The van der Waals surface area contributed by atoms with Crippen molar-refractivity contribution in [3.63, 3.8) is 0 Å². The van der Waals surface area contributed by atoms with E-state index in [2.05, 4.69) is 10.6 Å². The number of para-hydroxylation sites is 1. The van der Waals surface area contributed by atoms with Gasteiger partial charge in [-0.25, -0.2) is 4.39 Å². The van der Waals surface area contributed by atoms with E-state index in [1.807, 2.05) is 0 Å². The number of halogens is 3. The monoisotopic (exact) mass is 386 g/mol. The molecule has 0 heterocycles. The number of carbonyl (C=O) groups is 1. The summed E-state index contributed by atoms with van der Waals surface area (Å²) in [5.74, 6) is -0.669. The predicted octanol–water partition coefficient (Wildman–Crippen LogP) is 4.41. The lowest BCUT2D eigenvalue weighted by molar-refractivity contribution is -0.125. The second kappa shape index (κ2) is 8.28. The molecule has 1 unspecified atom stereocenters. The van der Waals surface area contributed by atoms with Gasteiger partial charge in [-0.15, -0.1) is 0 Å². The first-order valence-electron chi connectivity index (χ1n) is 6.85. The molecule has 0 saturated heterocycles. The molecular weight excluding hydrogens is 374 g/mol. The van der Waals surface area contributed by atoms with Crippen LogP contribution in [-0.4, -0.2) is 17.1 Å². The van der Waals surface area contributed by atoms with Gasteiger partial charge in [0.2, 0.25) is 0 Å². The molecule has 0 radical (unpaired) electrons. The van der Waals surface area contributed by atoms with Crippen LogP contribution >= 0.6 is 35.4 Å². The van der Waals surface area contributed by atoms with Crippen molar-refractivity contribution in [1.82, 2.24) is 5.32 Å². The molecule has 126 valence electrons. The molecule has 0 bridgehead atoms. The van der Waals surface area contributed by atoms with Gasteiger partial charge in [0.05, 0.1) is 10.7 Å². The van der Waals surface area contributed by atoms with E-state index in [1.165, 1.54) is 25.1 Å². The lowest BCUT2D eigenvalue weighted by Crippen LogP contribution is -2.42. The van der Waals surface area contributed by atoms with Crippen molar-refractivity contribution >= 4 is 52.1 Å². The molecule has 0 saturated carbocycles. The van der Waals surface area contributed by atoms with Gasteiger partial charge < -0.3 is 10.1 Å². The van der Waals surface area contributed by atoms with Crippen LogP contribution < -0.4 is 15.4 Å². The van der Waals surface area contributed by atoms with Gasteiger partial charge in [0, 0.05) is 5.02 Å². The highest BCUT2D eigenvalue weighted by molar-refractivity contribution is 7.80. The van der Waals surface area contributed by atoms with Crippen molar-refractivity contribution in [2.75, 3.05) is 5.32 Å². The van der Waals surface area contributed by atoms with Gasteiger partial charge in [0.15, 0.2) is 11.2 Å². The topological polar surface area (TPSA) is 50.4 Å². The van der Waals surface area contributed by atoms with Gasteiger partial charge in [-0.2, -0.15) is 0 Å². The molecule has 2 aromatic carbocycles. The zero-order chi connectivity index (χ0) is 17.7. The molecule has 0 fully saturated rings. The Balaban J connectivity index is 1.93. The molecule has 8 heteroatoms. The fraction of sp³-hybridized carbons (Fsp3) is 0.125. The summed E-state index contributed by atoms with van der Waals surface area (Å²) in [6, 6.07) is 10.6. The molecule has 2 aromatic rings. The number of hydrogen-bond donors (Lipinski definition) is 2. The third kappa shape index (κ3) is 5.06. The Morgan fingerprint density at radius 3 is 2.62 bits per heavy atom. The molecule has 2 N–H and O–H groups in total. The minimum atomic E-state index is -0.871. The highest BCUT2D eigenvalue weighted by atomic mass is 35.5. The number of ether oxygens (including phenoxy) is 1. The second-order valence-electron chi connectivity index (χ2n) is 4.76. The van der Waals surface area contributed by atoms with Gasteiger partial charge in [0.25, 0.3) is 5.91 Å². The predicted molar refractivity (Wildman–Crippen MR) is 97.3 cm³/mol. The smallest absolute Gasteiger partial charge is 0.266 e. The summed E-state index contributed by atoms with van der Waals surface area (Å²) in [5.41, 5.74) is 0.164. The molecule has 1 atom stereocenters. The number of hydrogen-bond acceptors (Lipinski definition) is 3. The summed E-state index contributed by atoms with van der Waals surface area (Å²) in [4.78, 5) is 12.1. The normalized spacial score (nSPS) is 11.5. The van der Waals surface area contributed by atoms with E-state index in [4.69, 9.17) is 40.2 Å². The van der Waals surface area contributed by atoms with Gasteiger partial charge in [-0.3, -0.25) is 10.1 Å². The first kappa shape index (κ1) is 18.4. The van der Waals surface area contributed by atoms with Gasteiger partial charge in [-0.05, 0) is 49.5 Å². The number of thiocarbonyl (C=S) groups is 1. The van der Waals surface area contributed by atoms with Crippen LogP contribution in [0.2, 0.25) is 10.0 Å². The maximum Gasteiger partial charge on any atom is 0.266 e. The third-order valence-electron chi connectivity index (χ3n) is 2.93. The Hall–Kier alpha value is -1.89. The SMILES string of the molecule is CC(Oc1ccc(Cl)cc1Cl)C(=O)NC(=S)Nc1ccccc1F. The van der Waals surface area contributed by atoms with E-state index in [9.17, 15) is 9.18 Å². The van der Waals surface area contributed by atoms with E-state index in [0.29, 0.717) is 10.8 Å². The second-order valence-corrected chi connectivity index (χ2v) is 6.01. The van der Waals surface area contributed by atoms with Gasteiger partial charge in [0.1, 0.15) is 11.6 Å². The number of carbonyl (C=O) groups excluding carboxylic acids is 1. The summed E-state index contributed by atoms with van der Waals surface area (Å²) in [6.45, 7) is 1.53. The van der Waals surface area contributed by atoms with Crippen molar-refractivity contribution in [2.24, 2.45) is 0 Å². The maximum atomic E-state index is 13.5. The van der Waals surface area contributed by atoms with Crippen molar-refractivity contribution in [3.05, 3.63) is 58.3 Å². The van der Waals surface area contributed by atoms with E-state index in [1.54, 1.807) is 24.3 Å². The molecule has 2 rings (SSSR count). The first-order chi connectivity index (χ1) is 11.4. The summed E-state index contributed by atoms with van der Waals surface area (Å²) < 4.78 is 19.0. The molecule has 0 aromatic heterocycles. The number of benzene rings is 2. The molecule has 0 aliphatic carbocycles. The van der Waals surface area contributed by atoms with Crippen molar-refractivity contribution in [1.29, 1.82) is 0 Å². The summed E-state index contributed by atoms with van der Waals surface area (Å²) in [5, 5.41) is 5.74. The highest BCUT2D eigenvalue weighted by Gasteiger charge is 2.18. The molecular formula is C16H13Cl2FN2O2S. The van der Waals surface area contributed by atoms with Crippen LogP contribution in [-0.2, 0) is 4.79 Å². The molecule has 0 aliphatic heterocycles. The van der Waals surface area contributed by atoms with E-state index < -0.39 is 17.8 Å². The fourth-order valence-electron chi connectivity index (χ4n) is 1.74. The largest absolute Gasteiger partial charge is 0.479 e.